The van der Waals surface area contributed by atoms with Crippen molar-refractivity contribution >= 4 is 35.1 Å². The van der Waals surface area contributed by atoms with Crippen LogP contribution in [0.15, 0.2) is 41.5 Å². The lowest BCUT2D eigenvalue weighted by atomic mass is 10.2. The van der Waals surface area contributed by atoms with Crippen LogP contribution in [-0.2, 0) is 11.2 Å². The Bertz CT molecular complexity index is 653. The van der Waals surface area contributed by atoms with Crippen LogP contribution in [0.1, 0.15) is 29.5 Å². The van der Waals surface area contributed by atoms with E-state index in [0.717, 1.165) is 11.3 Å². The van der Waals surface area contributed by atoms with Gasteiger partial charge in [-0.15, -0.1) is 11.3 Å². The SMILES string of the molecule is CCCCc1ccc(C=NNC(=O)COc2ccc(Cl)cc2)s1. The van der Waals surface area contributed by atoms with E-state index < -0.39 is 0 Å². The number of carbonyl (C=O) groups excluding carboxylic acids is 1. The zero-order valence-electron chi connectivity index (χ0n) is 12.9. The number of aryl methyl sites for hydroxylation is 1. The zero-order chi connectivity index (χ0) is 16.5. The molecule has 0 radical (unpaired) electrons. The van der Waals surface area contributed by atoms with Gasteiger partial charge in [-0.1, -0.05) is 24.9 Å². The van der Waals surface area contributed by atoms with Gasteiger partial charge in [-0.3, -0.25) is 4.79 Å². The standard InChI is InChI=1S/C17H19ClN2O2S/c1-2-3-4-15-9-10-16(23-15)11-19-20-17(21)12-22-14-7-5-13(18)6-8-14/h5-11H,2-4,12H2,1H3,(H,20,21). The highest BCUT2D eigenvalue weighted by molar-refractivity contribution is 7.13. The summed E-state index contributed by atoms with van der Waals surface area (Å²) >= 11 is 7.47. The molecule has 1 aromatic carbocycles. The van der Waals surface area contributed by atoms with E-state index in [4.69, 9.17) is 16.3 Å². The van der Waals surface area contributed by atoms with Gasteiger partial charge >= 0.3 is 0 Å². The fraction of sp³-hybridized carbons (Fsp3) is 0.294. The third-order valence-electron chi connectivity index (χ3n) is 3.02. The fourth-order valence-corrected chi connectivity index (χ4v) is 2.88. The Kier molecular flexibility index (Phi) is 7.10. The molecule has 0 spiro atoms. The van der Waals surface area contributed by atoms with E-state index in [2.05, 4.69) is 23.5 Å². The van der Waals surface area contributed by atoms with E-state index in [0.29, 0.717) is 10.8 Å². The number of hydrazone groups is 1. The molecule has 4 nitrogen and oxygen atoms in total. The highest BCUT2D eigenvalue weighted by atomic mass is 35.5. The lowest BCUT2D eigenvalue weighted by Crippen LogP contribution is -2.24. The van der Waals surface area contributed by atoms with Crippen LogP contribution in [0.25, 0.3) is 0 Å². The normalized spacial score (nSPS) is 10.9. The summed E-state index contributed by atoms with van der Waals surface area (Å²) in [7, 11) is 0. The lowest BCUT2D eigenvalue weighted by Gasteiger charge is -2.04. The van der Waals surface area contributed by atoms with Gasteiger partial charge in [0.1, 0.15) is 5.75 Å². The molecule has 6 heteroatoms. The molecule has 2 aromatic rings. The molecule has 0 unspecified atom stereocenters. The average molecular weight is 351 g/mol. The smallest absolute Gasteiger partial charge is 0.277 e. The number of ether oxygens (including phenoxy) is 1. The summed E-state index contributed by atoms with van der Waals surface area (Å²) in [6.45, 7) is 2.09. The second kappa shape index (κ2) is 9.33. The first-order valence-corrected chi connectivity index (χ1v) is 8.66. The number of unbranched alkanes of at least 4 members (excludes halogenated alkanes) is 1. The van der Waals surface area contributed by atoms with Gasteiger partial charge in [0.2, 0.25) is 0 Å². The minimum absolute atomic E-state index is 0.0921. The van der Waals surface area contributed by atoms with Gasteiger partial charge in [0.15, 0.2) is 6.61 Å². The van der Waals surface area contributed by atoms with Gasteiger partial charge in [0, 0.05) is 14.8 Å². The average Bonchev–Trinajstić information content (AvgIpc) is 3.00. The van der Waals surface area contributed by atoms with Gasteiger partial charge in [-0.2, -0.15) is 5.10 Å². The van der Waals surface area contributed by atoms with Crippen molar-refractivity contribution in [1.82, 2.24) is 5.43 Å². The van der Waals surface area contributed by atoms with Crippen LogP contribution < -0.4 is 10.2 Å². The molecule has 1 aromatic heterocycles. The molecule has 0 fully saturated rings. The van der Waals surface area contributed by atoms with Crippen molar-refractivity contribution in [1.29, 1.82) is 0 Å². The van der Waals surface area contributed by atoms with Crippen LogP contribution in [-0.4, -0.2) is 18.7 Å². The van der Waals surface area contributed by atoms with Gasteiger partial charge < -0.3 is 4.74 Å². The van der Waals surface area contributed by atoms with Crippen LogP contribution in [0, 0.1) is 0 Å². The first-order valence-electron chi connectivity index (χ1n) is 7.46. The molecule has 0 aliphatic carbocycles. The van der Waals surface area contributed by atoms with E-state index >= 15 is 0 Å². The first-order chi connectivity index (χ1) is 11.2. The topological polar surface area (TPSA) is 50.7 Å². The number of hydrogen-bond acceptors (Lipinski definition) is 4. The van der Waals surface area contributed by atoms with Crippen molar-refractivity contribution in [3.05, 3.63) is 51.2 Å². The van der Waals surface area contributed by atoms with Crippen molar-refractivity contribution in [3.8, 4) is 5.75 Å². The third-order valence-corrected chi connectivity index (χ3v) is 4.36. The number of benzene rings is 1. The Labute approximate surface area is 145 Å². The predicted octanol–water partition coefficient (Wildman–Crippen LogP) is 4.27. The Morgan fingerprint density at radius 2 is 2.09 bits per heavy atom. The molecule has 1 N–H and O–H groups in total. The second-order valence-corrected chi connectivity index (χ2v) is 6.58. The van der Waals surface area contributed by atoms with E-state index in [1.807, 2.05) is 6.07 Å². The fourth-order valence-electron chi connectivity index (χ4n) is 1.83. The van der Waals surface area contributed by atoms with Crippen molar-refractivity contribution in [2.24, 2.45) is 5.10 Å². The van der Waals surface area contributed by atoms with E-state index in [9.17, 15) is 4.79 Å². The molecule has 0 atom stereocenters. The molecule has 0 aliphatic heterocycles. The Morgan fingerprint density at radius 3 is 2.83 bits per heavy atom. The van der Waals surface area contributed by atoms with Crippen molar-refractivity contribution in [2.45, 2.75) is 26.2 Å². The van der Waals surface area contributed by atoms with E-state index in [1.54, 1.807) is 41.8 Å². The van der Waals surface area contributed by atoms with Gasteiger partial charge in [-0.05, 0) is 49.2 Å². The molecule has 1 amide bonds. The number of thiophene rings is 1. The summed E-state index contributed by atoms with van der Waals surface area (Å²) in [6.07, 6.45) is 5.12. The molecule has 2 rings (SSSR count). The number of hydrogen-bond donors (Lipinski definition) is 1. The number of carbonyl (C=O) groups is 1. The van der Waals surface area contributed by atoms with Gasteiger partial charge in [-0.25, -0.2) is 5.43 Å². The maximum absolute atomic E-state index is 11.6. The van der Waals surface area contributed by atoms with Crippen molar-refractivity contribution in [2.75, 3.05) is 6.61 Å². The Balaban J connectivity index is 1.73. The molecule has 0 saturated heterocycles. The largest absolute Gasteiger partial charge is 0.484 e. The lowest BCUT2D eigenvalue weighted by molar-refractivity contribution is -0.123. The number of halogens is 1. The van der Waals surface area contributed by atoms with E-state index in [-0.39, 0.29) is 12.5 Å². The molecule has 23 heavy (non-hydrogen) atoms. The number of nitrogens with one attached hydrogen (secondary N) is 1. The first kappa shape index (κ1) is 17.5. The van der Waals surface area contributed by atoms with Crippen LogP contribution >= 0.6 is 22.9 Å². The Morgan fingerprint density at radius 1 is 1.30 bits per heavy atom. The number of nitrogens with zero attached hydrogens (tertiary/aromatic N) is 1. The molecular weight excluding hydrogens is 332 g/mol. The van der Waals surface area contributed by atoms with Gasteiger partial charge in [0.05, 0.1) is 6.21 Å². The summed E-state index contributed by atoms with van der Waals surface area (Å²) in [5, 5.41) is 4.57. The summed E-state index contributed by atoms with van der Waals surface area (Å²) in [5.41, 5.74) is 2.45. The number of rotatable bonds is 8. The summed E-state index contributed by atoms with van der Waals surface area (Å²) < 4.78 is 5.33. The molecule has 1 heterocycles. The molecule has 0 saturated carbocycles. The number of amides is 1. The maximum atomic E-state index is 11.6. The predicted molar refractivity (Wildman–Crippen MR) is 95.6 cm³/mol. The monoisotopic (exact) mass is 350 g/mol. The summed E-state index contributed by atoms with van der Waals surface area (Å²) in [4.78, 5) is 14.0. The second-order valence-electron chi connectivity index (χ2n) is 4.94. The van der Waals surface area contributed by atoms with E-state index in [1.165, 1.54) is 17.7 Å². The summed E-state index contributed by atoms with van der Waals surface area (Å²) in [6, 6.07) is 11.0. The van der Waals surface area contributed by atoms with Crippen LogP contribution in [0.5, 0.6) is 5.75 Å². The van der Waals surface area contributed by atoms with Crippen LogP contribution in [0.3, 0.4) is 0 Å². The van der Waals surface area contributed by atoms with Gasteiger partial charge in [0.25, 0.3) is 5.91 Å². The molecule has 0 bridgehead atoms. The third kappa shape index (κ3) is 6.42. The van der Waals surface area contributed by atoms with Crippen LogP contribution in [0.4, 0.5) is 0 Å². The zero-order valence-corrected chi connectivity index (χ0v) is 14.5. The van der Waals surface area contributed by atoms with Crippen molar-refractivity contribution in [3.63, 3.8) is 0 Å². The molecule has 122 valence electrons. The molecule has 0 aliphatic rings. The highest BCUT2D eigenvalue weighted by Crippen LogP contribution is 2.17. The quantitative estimate of drug-likeness (QED) is 0.571. The Hall–Kier alpha value is -1.85. The van der Waals surface area contributed by atoms with Crippen molar-refractivity contribution < 1.29 is 9.53 Å². The van der Waals surface area contributed by atoms with Crippen LogP contribution in [0.2, 0.25) is 5.02 Å². The maximum Gasteiger partial charge on any atom is 0.277 e. The minimum atomic E-state index is -0.307. The molecular formula is C17H19ClN2O2S. The minimum Gasteiger partial charge on any atom is -0.484 e. The summed E-state index contributed by atoms with van der Waals surface area (Å²) in [5.74, 6) is 0.284. The highest BCUT2D eigenvalue weighted by Gasteiger charge is 2.02.